The second-order valence-electron chi connectivity index (χ2n) is 7.64. The van der Waals surface area contributed by atoms with Crippen LogP contribution in [0.15, 0.2) is 36.5 Å². The minimum absolute atomic E-state index is 0.180. The molecular weight excluding hydrogens is 395 g/mol. The van der Waals surface area contributed by atoms with Crippen molar-refractivity contribution >= 4 is 17.5 Å². The zero-order valence-electron chi connectivity index (χ0n) is 16.7. The van der Waals surface area contributed by atoms with Gasteiger partial charge in [0.1, 0.15) is 5.82 Å². The summed E-state index contributed by atoms with van der Waals surface area (Å²) in [5, 5.41) is 2.86. The largest absolute Gasteiger partial charge is 0.416 e. The molecule has 2 aliphatic heterocycles. The van der Waals surface area contributed by atoms with Gasteiger partial charge in [-0.05, 0) is 37.2 Å². The molecule has 1 aromatic carbocycles. The number of anilines is 2. The summed E-state index contributed by atoms with van der Waals surface area (Å²) < 4.78 is 39.8. The Kier molecular flexibility index (Phi) is 5.55. The predicted molar refractivity (Wildman–Crippen MR) is 109 cm³/mol. The van der Waals surface area contributed by atoms with Crippen molar-refractivity contribution in [2.75, 3.05) is 49.6 Å². The van der Waals surface area contributed by atoms with Crippen molar-refractivity contribution in [2.24, 2.45) is 0 Å². The van der Waals surface area contributed by atoms with Crippen molar-refractivity contribution < 1.29 is 18.0 Å². The van der Waals surface area contributed by atoms with Crippen molar-refractivity contribution in [1.29, 1.82) is 0 Å². The molecule has 0 spiro atoms. The highest BCUT2D eigenvalue weighted by Gasteiger charge is 2.37. The molecule has 2 aromatic rings. The Morgan fingerprint density at radius 1 is 1.10 bits per heavy atom. The molecule has 6 nitrogen and oxygen atoms in total. The Morgan fingerprint density at radius 3 is 2.60 bits per heavy atom. The van der Waals surface area contributed by atoms with Gasteiger partial charge in [-0.15, -0.1) is 0 Å². The number of hydrogen-bond donors (Lipinski definition) is 1. The van der Waals surface area contributed by atoms with Gasteiger partial charge >= 0.3 is 12.2 Å². The van der Waals surface area contributed by atoms with Crippen molar-refractivity contribution in [3.05, 3.63) is 53.2 Å². The van der Waals surface area contributed by atoms with Crippen LogP contribution in [0.1, 0.15) is 16.7 Å². The average Bonchev–Trinajstić information content (AvgIpc) is 3.16. The smallest absolute Gasteiger partial charge is 0.354 e. The lowest BCUT2D eigenvalue weighted by atomic mass is 10.0. The van der Waals surface area contributed by atoms with Gasteiger partial charge in [0.05, 0.1) is 5.56 Å². The lowest BCUT2D eigenvalue weighted by Crippen LogP contribution is -2.45. The molecule has 1 N–H and O–H groups in total. The van der Waals surface area contributed by atoms with E-state index in [1.54, 1.807) is 12.3 Å². The van der Waals surface area contributed by atoms with Crippen LogP contribution in [0.3, 0.4) is 0 Å². The molecule has 0 atom stereocenters. The third-order valence-corrected chi connectivity index (χ3v) is 5.68. The fourth-order valence-corrected chi connectivity index (χ4v) is 4.05. The molecule has 160 valence electrons. The fraction of sp³-hybridized carbons (Fsp3) is 0.429. The number of pyridine rings is 1. The van der Waals surface area contributed by atoms with Crippen LogP contribution >= 0.6 is 0 Å². The molecule has 0 radical (unpaired) electrons. The molecule has 3 heterocycles. The van der Waals surface area contributed by atoms with Crippen LogP contribution in [0.2, 0.25) is 0 Å². The van der Waals surface area contributed by atoms with Crippen molar-refractivity contribution in [1.82, 2.24) is 15.2 Å². The van der Waals surface area contributed by atoms with Gasteiger partial charge in [0.2, 0.25) is 0 Å². The fourth-order valence-electron chi connectivity index (χ4n) is 4.05. The number of carbonyl (C=O) groups excluding carboxylic acids is 1. The average molecular weight is 419 g/mol. The van der Waals surface area contributed by atoms with E-state index in [1.165, 1.54) is 11.0 Å². The predicted octanol–water partition coefficient (Wildman–Crippen LogP) is 3.12. The van der Waals surface area contributed by atoms with Gasteiger partial charge in [-0.2, -0.15) is 13.2 Å². The first-order chi connectivity index (χ1) is 14.3. The molecular formula is C21H24F3N5O. The van der Waals surface area contributed by atoms with Crippen LogP contribution in [0.5, 0.6) is 0 Å². The van der Waals surface area contributed by atoms with Crippen LogP contribution in [0.4, 0.5) is 29.5 Å². The Hall–Kier alpha value is -2.81. The van der Waals surface area contributed by atoms with E-state index in [0.29, 0.717) is 5.69 Å². The first-order valence-corrected chi connectivity index (χ1v) is 9.96. The summed E-state index contributed by atoms with van der Waals surface area (Å²) >= 11 is 0. The summed E-state index contributed by atoms with van der Waals surface area (Å²) in [6, 6.07) is 7.32. The highest BCUT2D eigenvalue weighted by Crippen LogP contribution is 2.39. The third kappa shape index (κ3) is 4.07. The van der Waals surface area contributed by atoms with E-state index >= 15 is 0 Å². The van der Waals surface area contributed by atoms with E-state index in [-0.39, 0.29) is 25.1 Å². The van der Waals surface area contributed by atoms with Crippen LogP contribution in [-0.4, -0.2) is 55.7 Å². The van der Waals surface area contributed by atoms with Gasteiger partial charge in [-0.1, -0.05) is 12.1 Å². The van der Waals surface area contributed by atoms with Gasteiger partial charge in [-0.3, -0.25) is 4.90 Å². The zero-order valence-corrected chi connectivity index (χ0v) is 16.7. The molecule has 0 bridgehead atoms. The van der Waals surface area contributed by atoms with Crippen molar-refractivity contribution in [2.45, 2.75) is 19.1 Å². The Balaban J connectivity index is 1.46. The first-order valence-electron chi connectivity index (χ1n) is 9.96. The summed E-state index contributed by atoms with van der Waals surface area (Å²) in [6.07, 6.45) is -2.50. The molecule has 30 heavy (non-hydrogen) atoms. The highest BCUT2D eigenvalue weighted by molar-refractivity contribution is 5.94. The van der Waals surface area contributed by atoms with Gasteiger partial charge in [-0.25, -0.2) is 9.78 Å². The van der Waals surface area contributed by atoms with E-state index in [1.807, 2.05) is 12.1 Å². The number of nitrogens with zero attached hydrogens (tertiary/aromatic N) is 4. The summed E-state index contributed by atoms with van der Waals surface area (Å²) in [4.78, 5) is 23.1. The number of fused-ring (bicyclic) bond motifs is 1. The number of nitrogens with one attached hydrogen (secondary N) is 1. The van der Waals surface area contributed by atoms with Crippen molar-refractivity contribution in [3.8, 4) is 0 Å². The van der Waals surface area contributed by atoms with E-state index in [0.717, 1.165) is 43.6 Å². The van der Waals surface area contributed by atoms with E-state index in [9.17, 15) is 18.0 Å². The summed E-state index contributed by atoms with van der Waals surface area (Å²) in [5.41, 5.74) is 0.728. The molecule has 0 aliphatic carbocycles. The number of likely N-dealkylation sites (N-methyl/N-ethyl adjacent to an activating group) is 1. The highest BCUT2D eigenvalue weighted by atomic mass is 19.4. The summed E-state index contributed by atoms with van der Waals surface area (Å²) in [5.74, 6) is 0.840. The van der Waals surface area contributed by atoms with Crippen LogP contribution in [0.25, 0.3) is 0 Å². The molecule has 0 saturated carbocycles. The summed E-state index contributed by atoms with van der Waals surface area (Å²) in [7, 11) is 2.08. The van der Waals surface area contributed by atoms with Crippen molar-refractivity contribution in [3.63, 3.8) is 0 Å². The number of hydrogen-bond acceptors (Lipinski definition) is 4. The molecule has 1 aromatic heterocycles. The SMILES string of the molecule is CN1CCN(c2ncccc2CNC(=O)N2CCc3c2cccc3C(F)(F)F)CC1. The number of piperazine rings is 1. The normalized spacial score (nSPS) is 17.2. The number of urea groups is 1. The Labute approximate surface area is 173 Å². The van der Waals surface area contributed by atoms with Crippen LogP contribution < -0.4 is 15.1 Å². The van der Waals surface area contributed by atoms with Gasteiger partial charge < -0.3 is 15.1 Å². The molecule has 1 saturated heterocycles. The minimum Gasteiger partial charge on any atom is -0.354 e. The number of amides is 2. The van der Waals surface area contributed by atoms with Crippen LogP contribution in [-0.2, 0) is 19.1 Å². The summed E-state index contributed by atoms with van der Waals surface area (Å²) in [6.45, 7) is 4.08. The number of halogens is 3. The number of alkyl halides is 3. The Bertz CT molecular complexity index is 925. The van der Waals surface area contributed by atoms with Crippen LogP contribution in [0, 0.1) is 0 Å². The molecule has 2 amide bonds. The maximum Gasteiger partial charge on any atom is 0.416 e. The van der Waals surface area contributed by atoms with Gasteiger partial charge in [0.25, 0.3) is 0 Å². The molecule has 9 heteroatoms. The van der Waals surface area contributed by atoms with Gasteiger partial charge in [0.15, 0.2) is 0 Å². The van der Waals surface area contributed by atoms with E-state index in [4.69, 9.17) is 0 Å². The first kappa shape index (κ1) is 20.5. The quantitative estimate of drug-likeness (QED) is 0.831. The maximum absolute atomic E-state index is 13.3. The van der Waals surface area contributed by atoms with Gasteiger partial charge in [0, 0.05) is 56.7 Å². The molecule has 0 unspecified atom stereocenters. The monoisotopic (exact) mass is 419 g/mol. The lowest BCUT2D eigenvalue weighted by Gasteiger charge is -2.34. The molecule has 2 aliphatic rings. The molecule has 1 fully saturated rings. The third-order valence-electron chi connectivity index (χ3n) is 5.68. The number of rotatable bonds is 3. The molecule has 4 rings (SSSR count). The Morgan fingerprint density at radius 2 is 1.87 bits per heavy atom. The number of carbonyl (C=O) groups is 1. The number of aromatic nitrogens is 1. The lowest BCUT2D eigenvalue weighted by molar-refractivity contribution is -0.138. The zero-order chi connectivity index (χ0) is 21.3. The minimum atomic E-state index is -4.43. The second-order valence-corrected chi connectivity index (χ2v) is 7.64. The maximum atomic E-state index is 13.3. The number of benzene rings is 1. The van der Waals surface area contributed by atoms with E-state index < -0.39 is 17.8 Å². The van der Waals surface area contributed by atoms with E-state index in [2.05, 4.69) is 27.1 Å². The standard InChI is InChI=1S/C21H24F3N5O/c1-27-10-12-28(13-11-27)19-15(4-3-8-25-19)14-26-20(30)29-9-7-16-17(21(22,23)24)5-2-6-18(16)29/h2-6,8H,7,9-14H2,1H3,(H,26,30). The second kappa shape index (κ2) is 8.14. The topological polar surface area (TPSA) is 51.7 Å².